The predicted octanol–water partition coefficient (Wildman–Crippen LogP) is 34.6. The van der Waals surface area contributed by atoms with Crippen LogP contribution >= 0.6 is 34.9 Å². The summed E-state index contributed by atoms with van der Waals surface area (Å²) in [6.45, 7) is 1.79. The fraction of sp³-hybridized carbons (Fsp3) is 0.172. The van der Waals surface area contributed by atoms with Crippen molar-refractivity contribution < 1.29 is 47.5 Å². The van der Waals surface area contributed by atoms with Crippen molar-refractivity contribution in [1.82, 2.24) is 32.7 Å². The zero-order valence-corrected chi connectivity index (χ0v) is 87.5. The van der Waals surface area contributed by atoms with Crippen LogP contribution in [0, 0.1) is 54.8 Å². The number of hydrogen-bond donors (Lipinski definition) is 0. The van der Waals surface area contributed by atoms with Crippen LogP contribution in [-0.2, 0) is 23.6 Å². The van der Waals surface area contributed by atoms with E-state index in [1.807, 2.05) is 189 Å². The molecule has 14 heteroatoms. The van der Waals surface area contributed by atoms with E-state index in [-0.39, 0.29) is 89.1 Å². The van der Waals surface area contributed by atoms with Crippen molar-refractivity contribution in [2.75, 3.05) is 0 Å². The molecular weight excluding hydrogens is 1890 g/mol. The second-order valence-electron chi connectivity index (χ2n) is 40.9. The first-order chi connectivity index (χ1) is 82.5. The van der Waals surface area contributed by atoms with E-state index in [1.54, 1.807) is 103 Å². The van der Waals surface area contributed by atoms with E-state index in [2.05, 4.69) is 119 Å². The molecule has 0 aliphatic carbocycles. The third-order valence-electron chi connectivity index (χ3n) is 30.1. The van der Waals surface area contributed by atoms with E-state index in [0.29, 0.717) is 100 Å². The molecule has 148 heavy (non-hydrogen) atoms. The van der Waals surface area contributed by atoms with Crippen LogP contribution in [0.4, 0.5) is 0 Å². The molecule has 9 heterocycles. The Morgan fingerprint density at radius 2 is 0.818 bits per heavy atom. The Labute approximate surface area is 919 Å². The lowest BCUT2D eigenvalue weighted by atomic mass is 9.76. The molecule has 24 aromatic rings. The Morgan fingerprint density at radius 1 is 0.358 bits per heavy atom. The molecule has 0 amide bonds. The Kier molecular flexibility index (Phi) is 16.4. The molecule has 0 saturated carbocycles. The van der Waals surface area contributed by atoms with E-state index in [4.69, 9.17) is 57.5 Å². The zero-order valence-electron chi connectivity index (χ0n) is 111. The Morgan fingerprint density at radius 3 is 1.44 bits per heavy atom. The third-order valence-corrected chi connectivity index (χ3v) is 41.0. The van der Waals surface area contributed by atoms with Gasteiger partial charge in [0.25, 0.3) is 0 Å². The molecule has 726 valence electrons. The molecule has 6 aromatic heterocycles. The lowest BCUT2D eigenvalue weighted by molar-refractivity contribution is 0.488. The molecule has 9 nitrogen and oxygen atoms in total. The molecule has 3 aliphatic rings. The molecule has 0 N–H and O–H groups in total. The van der Waals surface area contributed by atoms with Gasteiger partial charge in [-0.2, -0.15) is 4.98 Å². The highest BCUT2D eigenvalue weighted by atomic mass is 32.2. The Hall–Kier alpha value is -14.9. The summed E-state index contributed by atoms with van der Waals surface area (Å²) in [7, 11) is -4.58. The van der Waals surface area contributed by atoms with Crippen LogP contribution in [0.3, 0.4) is 0 Å². The maximum absolute atomic E-state index is 8.92. The van der Waals surface area contributed by atoms with Crippen molar-refractivity contribution in [3.8, 4) is 106 Å². The van der Waals surface area contributed by atoms with Gasteiger partial charge in [0.2, 0.25) is 5.78 Å². The summed E-state index contributed by atoms with van der Waals surface area (Å²) >= 11 is 4.65. The molecule has 0 radical (unpaired) electrons. The van der Waals surface area contributed by atoms with Crippen LogP contribution < -0.4 is 25.5 Å². The second-order valence-corrected chi connectivity index (χ2v) is 52.7. The number of aryl methyl sites for hydroxylation is 10. The predicted molar refractivity (Wildman–Crippen MR) is 632 cm³/mol. The first-order valence-corrected chi connectivity index (χ1v) is 57.8. The van der Waals surface area contributed by atoms with Crippen LogP contribution in [0.5, 0.6) is 11.5 Å². The minimum atomic E-state index is -2.73. The van der Waals surface area contributed by atoms with Gasteiger partial charge in [0.15, 0.2) is 10.5 Å². The van der Waals surface area contributed by atoms with E-state index in [9.17, 15) is 0 Å². The van der Waals surface area contributed by atoms with E-state index in [0.717, 1.165) is 96.8 Å². The zero-order chi connectivity index (χ0) is 125. The highest BCUT2D eigenvalue weighted by Gasteiger charge is 2.42. The molecule has 0 saturated heterocycles. The van der Waals surface area contributed by atoms with Gasteiger partial charge < -0.3 is 9.15 Å². The molecule has 3 aliphatic heterocycles. The average Bonchev–Trinajstić information content (AvgIpc) is 0.863. The summed E-state index contributed by atoms with van der Waals surface area (Å²) in [6, 6.07) is 104. The third kappa shape index (κ3) is 15.1. The molecular formula is C134H117N7O2S3Si2. The first-order valence-electron chi connectivity index (χ1n) is 63.3. The van der Waals surface area contributed by atoms with E-state index >= 15 is 0 Å². The quantitative estimate of drug-likeness (QED) is 0.119. The van der Waals surface area contributed by atoms with Gasteiger partial charge in [-0.25, -0.2) is 9.97 Å². The lowest BCUT2D eigenvalue weighted by Gasteiger charge is -2.36. The summed E-state index contributed by atoms with van der Waals surface area (Å²) in [6.07, 6.45) is -3.73. The molecule has 0 fully saturated rings. The SMILES string of the molecule is [2H]C([2H])([2H])c1ccc(-c2c(C(C)(C)C)ccc3c2Sc2ccccc2[Si]3(C)C)cc1-c1cc(-n2c3ccccc3n3c4ccccc4nc23)ccc1C([2H])([2H])[2H].[2H]C([2H])([2H])c1ccc(-c2c(C([2H])([2H])[2H])ccc3c2Oc2ccccc2[Si]3(C)C)cc1-c1cc(-c2c(C([2H])([2H])C)ccc3c2oc2nc4ccccc4n23)ccc1C([2H])([2H])[2H].[2H]C([2H])([2H])c1ccc(-c2c(C([2H])([2H])[2H])ccc3c2Sc2ccccc2C3(C)C)cc1-c1cc(-c2c(C([2H])([2H])C)ccc3c2sc2nc4ccccc4n23)ccc1C([2H])([2H])[2H]. The number of oxazole rings is 1. The minimum absolute atomic E-state index is 0.000312. The van der Waals surface area contributed by atoms with Gasteiger partial charge in [-0.1, -0.05) is 328 Å². The Bertz CT molecular complexity index is 10500. The van der Waals surface area contributed by atoms with Gasteiger partial charge in [-0.3, -0.25) is 17.8 Å². The number of rotatable bonds is 11. The number of ether oxygens (including phenoxy) is 1. The van der Waals surface area contributed by atoms with Crippen LogP contribution in [0.1, 0.15) is 159 Å². The Balaban J connectivity index is 0.000000131. The van der Waals surface area contributed by atoms with Crippen molar-refractivity contribution in [3.05, 3.63) is 412 Å². The molecule has 0 bridgehead atoms. The highest BCUT2D eigenvalue weighted by molar-refractivity contribution is 8.00. The lowest BCUT2D eigenvalue weighted by Crippen LogP contribution is -2.56. The summed E-state index contributed by atoms with van der Waals surface area (Å²) in [4.78, 5) is 19.4. The second kappa shape index (κ2) is 35.7. The summed E-state index contributed by atoms with van der Waals surface area (Å²) < 4.78 is 266. The average molecular weight is 2040 g/mol. The monoisotopic (exact) mass is 2040 g/mol. The molecule has 0 unspecified atom stereocenters. The number of nitrogens with zero attached hydrogens (tertiary/aromatic N) is 7. The van der Waals surface area contributed by atoms with E-state index < -0.39 is 89.1 Å². The van der Waals surface area contributed by atoms with Crippen LogP contribution in [0.25, 0.3) is 177 Å². The largest absolute Gasteiger partial charge is 0.457 e. The van der Waals surface area contributed by atoms with Gasteiger partial charge >= 0.3 is 5.84 Å². The van der Waals surface area contributed by atoms with Gasteiger partial charge in [-0.15, -0.1) is 0 Å². The fourth-order valence-electron chi connectivity index (χ4n) is 22.6. The maximum atomic E-state index is 8.92. The van der Waals surface area contributed by atoms with Gasteiger partial charge in [0, 0.05) is 85.8 Å². The summed E-state index contributed by atoms with van der Waals surface area (Å²) in [5, 5.41) is 4.65. The van der Waals surface area contributed by atoms with Gasteiger partial charge in [0.1, 0.15) is 27.6 Å². The first kappa shape index (κ1) is 67.8. The summed E-state index contributed by atoms with van der Waals surface area (Å²) in [5.41, 5.74) is 18.4. The normalized spacial score (nSPS) is 17.4. The van der Waals surface area contributed by atoms with Crippen LogP contribution in [0.15, 0.2) is 364 Å². The number of para-hydroxylation sites is 9. The van der Waals surface area contributed by atoms with Gasteiger partial charge in [0.05, 0.1) is 59.9 Å². The topological polar surface area (TPSA) is 79.2 Å². The van der Waals surface area contributed by atoms with E-state index in [1.165, 1.54) is 81.4 Å². The minimum Gasteiger partial charge on any atom is -0.457 e. The standard InChI is InChI=1S/C45H41N3SSi.C45H38N2S2.C44H38N2O2Si/c1-28-20-22-30(42-34(45(3,4)5)24-25-41-43(42)49-39-18-12-13-19-40(39)50(41,6)7)26-32(28)33-27-31(23-21-29(33)2)47-37-16-10-11-17-38(37)48-36-15-9-8-14-35(36)46-44(47)48;1-7-29-21-23-38-43(49-44-46-36-13-9-10-14-37(36)47(38)44)41(29)31-20-17-27(3)33(25-31)32-24-30(19-16-26(32)2)40-28(4)18-22-35-42(40)48-39-15-11-8-12-34(39)45(35,5)6;1-7-29-21-22-36-42(48-44-45-34-12-8-9-13-35(34)46(36)44)41(29)31-20-17-27(3)33(25-31)32-24-30(19-16-26(32)2)40-28(4)18-23-39-43(40)47-37-14-10-11-15-38(37)49(39,5)6/h8-27H,1-7H3;2*8-25H,7H2,1-6H3/i1D3,2D3;2*2D3,3D3,4D3,7D2. The van der Waals surface area contributed by atoms with Gasteiger partial charge in [-0.05, 0) is 360 Å². The smallest absolute Gasteiger partial charge is 0.307 e. The maximum Gasteiger partial charge on any atom is 0.307 e. The van der Waals surface area contributed by atoms with Crippen LogP contribution in [0.2, 0.25) is 26.2 Å². The number of imidazole rings is 4. The number of fused-ring (bicyclic) bond motifs is 21. The molecule has 0 spiro atoms. The number of aromatic nitrogens is 7. The van der Waals surface area contributed by atoms with Crippen molar-refractivity contribution in [1.29, 1.82) is 0 Å². The van der Waals surface area contributed by atoms with Crippen LogP contribution in [-0.4, -0.2) is 48.9 Å². The number of benzene rings is 18. The highest BCUT2D eigenvalue weighted by Crippen LogP contribution is 2.56. The number of hydrogen-bond acceptors (Lipinski definition) is 8. The molecule has 18 aromatic carbocycles. The van der Waals surface area contributed by atoms with Crippen molar-refractivity contribution >= 4 is 154 Å². The fourth-order valence-corrected chi connectivity index (χ4v) is 33.8. The summed E-state index contributed by atoms with van der Waals surface area (Å²) in [5.74, 6) is 1.94. The van der Waals surface area contributed by atoms with Crippen molar-refractivity contribution in [2.24, 2.45) is 0 Å². The number of thiazole rings is 1. The van der Waals surface area contributed by atoms with Crippen molar-refractivity contribution in [2.45, 2.75) is 173 Å². The molecule has 27 rings (SSSR count). The van der Waals surface area contributed by atoms with Crippen molar-refractivity contribution in [3.63, 3.8) is 0 Å². The molecule has 0 atom stereocenters.